The van der Waals surface area contributed by atoms with E-state index in [-0.39, 0.29) is 0 Å². The van der Waals surface area contributed by atoms with Crippen molar-refractivity contribution in [2.24, 2.45) is 7.05 Å². The Kier molecular flexibility index (Phi) is 5.73. The average Bonchev–Trinajstić information content (AvgIpc) is 3.11. The van der Waals surface area contributed by atoms with Gasteiger partial charge in [-0.2, -0.15) is 0 Å². The maximum absolute atomic E-state index is 4.90. The van der Waals surface area contributed by atoms with Crippen LogP contribution in [-0.2, 0) is 20.0 Å². The number of unbranched alkanes of at least 4 members (excludes halogenated alkanes) is 2. The highest BCUT2D eigenvalue weighted by Crippen LogP contribution is 2.35. The van der Waals surface area contributed by atoms with Crippen molar-refractivity contribution in [1.29, 1.82) is 0 Å². The fourth-order valence-electron chi connectivity index (χ4n) is 5.36. The molecule has 0 N–H and O–H groups in total. The second-order valence-corrected chi connectivity index (χ2v) is 8.86. The van der Waals surface area contributed by atoms with Crippen LogP contribution in [0.3, 0.4) is 0 Å². The van der Waals surface area contributed by atoms with E-state index in [1.807, 2.05) is 12.4 Å². The highest BCUT2D eigenvalue weighted by Gasteiger charge is 2.28. The fraction of sp³-hybridized carbons (Fsp3) is 0.407. The maximum Gasteiger partial charge on any atom is 0.0786 e. The highest BCUT2D eigenvalue weighted by atomic mass is 15.2. The Bertz CT molecular complexity index is 1190. The summed E-state index contributed by atoms with van der Waals surface area (Å²) < 4.78 is 2.32. The summed E-state index contributed by atoms with van der Waals surface area (Å²) >= 11 is 0. The molecule has 5 rings (SSSR count). The second-order valence-electron chi connectivity index (χ2n) is 8.86. The minimum Gasteiger partial charge on any atom is -0.342 e. The lowest BCUT2D eigenvalue weighted by molar-refractivity contribution is 0.161. The van der Waals surface area contributed by atoms with Gasteiger partial charge in [-0.3, -0.25) is 14.9 Å². The number of rotatable bonds is 7. The third kappa shape index (κ3) is 3.74. The number of hydrogen-bond donors (Lipinski definition) is 0. The standard InChI is InChI=1S/C27H32N4/c1-3-4-7-18-31(25-14-8-10-20-11-9-16-29-26(20)25)19-23-27-22(15-17-28-23)21-12-5-6-13-24(21)30(27)2/h5-6,9,11-13,15-17,25H,3-4,7-8,10,14,18-19H2,1-2H3/t25-/m0/s1. The summed E-state index contributed by atoms with van der Waals surface area (Å²) in [6.07, 6.45) is 11.3. The molecule has 0 amide bonds. The molecule has 31 heavy (non-hydrogen) atoms. The highest BCUT2D eigenvalue weighted by molar-refractivity contribution is 6.08. The monoisotopic (exact) mass is 412 g/mol. The first-order valence-electron chi connectivity index (χ1n) is 11.8. The van der Waals surface area contributed by atoms with Gasteiger partial charge in [-0.15, -0.1) is 0 Å². The third-order valence-corrected chi connectivity index (χ3v) is 6.90. The summed E-state index contributed by atoms with van der Waals surface area (Å²) in [4.78, 5) is 12.4. The van der Waals surface area contributed by atoms with E-state index in [4.69, 9.17) is 9.97 Å². The number of nitrogens with zero attached hydrogens (tertiary/aromatic N) is 4. The Morgan fingerprint density at radius 3 is 2.81 bits per heavy atom. The van der Waals surface area contributed by atoms with Gasteiger partial charge in [-0.05, 0) is 56.0 Å². The summed E-state index contributed by atoms with van der Waals surface area (Å²) in [6.45, 7) is 4.24. The zero-order chi connectivity index (χ0) is 21.2. The predicted molar refractivity (Wildman–Crippen MR) is 128 cm³/mol. The molecule has 0 unspecified atom stereocenters. The first-order chi connectivity index (χ1) is 15.3. The lowest BCUT2D eigenvalue weighted by atomic mass is 9.90. The fourth-order valence-corrected chi connectivity index (χ4v) is 5.36. The summed E-state index contributed by atoms with van der Waals surface area (Å²) in [6, 6.07) is 15.6. The first kappa shape index (κ1) is 20.2. The molecule has 4 nitrogen and oxygen atoms in total. The Balaban J connectivity index is 1.55. The van der Waals surface area contributed by atoms with Crippen LogP contribution in [0.4, 0.5) is 0 Å². The van der Waals surface area contributed by atoms with E-state index in [0.29, 0.717) is 6.04 Å². The molecule has 0 saturated carbocycles. The maximum atomic E-state index is 4.90. The first-order valence-corrected chi connectivity index (χ1v) is 11.8. The number of para-hydroxylation sites is 1. The Morgan fingerprint density at radius 2 is 1.90 bits per heavy atom. The van der Waals surface area contributed by atoms with Crippen molar-refractivity contribution in [3.8, 4) is 0 Å². The summed E-state index contributed by atoms with van der Waals surface area (Å²) in [5.41, 5.74) is 6.43. The summed E-state index contributed by atoms with van der Waals surface area (Å²) in [7, 11) is 2.18. The molecule has 0 saturated heterocycles. The van der Waals surface area contributed by atoms with Crippen molar-refractivity contribution in [3.05, 3.63) is 71.8 Å². The van der Waals surface area contributed by atoms with Crippen LogP contribution in [-0.4, -0.2) is 26.0 Å². The van der Waals surface area contributed by atoms with Gasteiger partial charge >= 0.3 is 0 Å². The van der Waals surface area contributed by atoms with E-state index in [1.165, 1.54) is 70.9 Å². The van der Waals surface area contributed by atoms with Crippen LogP contribution >= 0.6 is 0 Å². The molecular weight excluding hydrogens is 380 g/mol. The Morgan fingerprint density at radius 1 is 1.00 bits per heavy atom. The molecule has 0 radical (unpaired) electrons. The van der Waals surface area contributed by atoms with Crippen LogP contribution in [0.5, 0.6) is 0 Å². The molecule has 0 bridgehead atoms. The van der Waals surface area contributed by atoms with Gasteiger partial charge in [0.05, 0.1) is 22.9 Å². The van der Waals surface area contributed by atoms with E-state index in [0.717, 1.165) is 19.5 Å². The number of aryl methyl sites for hydroxylation is 2. The molecule has 0 spiro atoms. The van der Waals surface area contributed by atoms with Crippen LogP contribution < -0.4 is 0 Å². The lowest BCUT2D eigenvalue weighted by Crippen LogP contribution is -2.33. The largest absolute Gasteiger partial charge is 0.342 e. The molecule has 4 aromatic rings. The SMILES string of the molecule is CCCCCN(Cc1nccc2c3ccccc3n(C)c12)[C@H]1CCCc2cccnc21. The second kappa shape index (κ2) is 8.80. The van der Waals surface area contributed by atoms with Gasteiger partial charge in [0.25, 0.3) is 0 Å². The van der Waals surface area contributed by atoms with Crippen LogP contribution in [0.15, 0.2) is 54.9 Å². The van der Waals surface area contributed by atoms with Crippen molar-refractivity contribution in [1.82, 2.24) is 19.4 Å². The molecule has 4 heteroatoms. The van der Waals surface area contributed by atoms with Crippen molar-refractivity contribution in [3.63, 3.8) is 0 Å². The van der Waals surface area contributed by atoms with Crippen LogP contribution in [0, 0.1) is 0 Å². The molecule has 160 valence electrons. The molecule has 3 aromatic heterocycles. The van der Waals surface area contributed by atoms with E-state index >= 15 is 0 Å². The molecule has 1 aliphatic carbocycles. The van der Waals surface area contributed by atoms with Gasteiger partial charge in [-0.1, -0.05) is 44.0 Å². The summed E-state index contributed by atoms with van der Waals surface area (Å²) in [5.74, 6) is 0. The van der Waals surface area contributed by atoms with Crippen LogP contribution in [0.1, 0.15) is 62.0 Å². The quantitative estimate of drug-likeness (QED) is 0.339. The smallest absolute Gasteiger partial charge is 0.0786 e. The van der Waals surface area contributed by atoms with Gasteiger partial charge in [0, 0.05) is 42.3 Å². The average molecular weight is 413 g/mol. The molecule has 0 aliphatic heterocycles. The van der Waals surface area contributed by atoms with Crippen LogP contribution in [0.25, 0.3) is 21.8 Å². The molecular formula is C27H32N4. The third-order valence-electron chi connectivity index (χ3n) is 6.90. The van der Waals surface area contributed by atoms with E-state index in [9.17, 15) is 0 Å². The number of fused-ring (bicyclic) bond motifs is 4. The Labute approximate surface area is 184 Å². The lowest BCUT2D eigenvalue weighted by Gasteiger charge is -2.35. The van der Waals surface area contributed by atoms with E-state index < -0.39 is 0 Å². The zero-order valence-electron chi connectivity index (χ0n) is 18.7. The van der Waals surface area contributed by atoms with Gasteiger partial charge in [0.15, 0.2) is 0 Å². The molecule has 1 atom stereocenters. The summed E-state index contributed by atoms with van der Waals surface area (Å²) in [5, 5.41) is 2.62. The molecule has 0 fully saturated rings. The minimum absolute atomic E-state index is 0.383. The number of benzene rings is 1. The number of hydrogen-bond acceptors (Lipinski definition) is 3. The normalized spacial score (nSPS) is 16.3. The number of pyridine rings is 2. The van der Waals surface area contributed by atoms with E-state index in [1.54, 1.807) is 0 Å². The van der Waals surface area contributed by atoms with Gasteiger partial charge in [-0.25, -0.2) is 0 Å². The van der Waals surface area contributed by atoms with Crippen molar-refractivity contribution >= 4 is 21.8 Å². The Hall–Kier alpha value is -2.72. The molecule has 1 aliphatic rings. The number of aromatic nitrogens is 3. The van der Waals surface area contributed by atoms with Gasteiger partial charge < -0.3 is 4.57 Å². The van der Waals surface area contributed by atoms with E-state index in [2.05, 4.69) is 65.9 Å². The van der Waals surface area contributed by atoms with Crippen LogP contribution in [0.2, 0.25) is 0 Å². The minimum atomic E-state index is 0.383. The van der Waals surface area contributed by atoms with Crippen molar-refractivity contribution in [2.75, 3.05) is 6.54 Å². The zero-order valence-corrected chi connectivity index (χ0v) is 18.7. The topological polar surface area (TPSA) is 34.0 Å². The van der Waals surface area contributed by atoms with Gasteiger partial charge in [0.2, 0.25) is 0 Å². The predicted octanol–water partition coefficient (Wildman–Crippen LogP) is 6.19. The van der Waals surface area contributed by atoms with Crippen molar-refractivity contribution in [2.45, 2.75) is 58.0 Å². The molecule has 1 aromatic carbocycles. The van der Waals surface area contributed by atoms with Gasteiger partial charge in [0.1, 0.15) is 0 Å². The molecule has 3 heterocycles. The van der Waals surface area contributed by atoms with Crippen molar-refractivity contribution < 1.29 is 0 Å².